The molecule has 1 N–H and O–H groups in total. The minimum Gasteiger partial charge on any atom is -0.408 e. The zero-order valence-electron chi connectivity index (χ0n) is 12.4. The first-order valence-corrected chi connectivity index (χ1v) is 7.04. The number of benzene rings is 2. The van der Waals surface area contributed by atoms with Crippen molar-refractivity contribution in [3.05, 3.63) is 64.6 Å². The van der Waals surface area contributed by atoms with E-state index in [-0.39, 0.29) is 5.91 Å². The Morgan fingerprint density at radius 3 is 2.59 bits per heavy atom. The highest BCUT2D eigenvalue weighted by Gasteiger charge is 2.21. The van der Waals surface area contributed by atoms with Crippen LogP contribution in [-0.4, -0.2) is 10.5 Å². The fourth-order valence-electron chi connectivity index (χ4n) is 2.42. The molecule has 3 aromatic rings. The predicted molar refractivity (Wildman–Crippen MR) is 85.0 cm³/mol. The molecule has 112 valence electrons. The summed E-state index contributed by atoms with van der Waals surface area (Å²) in [7, 11) is 0. The van der Waals surface area contributed by atoms with Gasteiger partial charge in [-0.1, -0.05) is 30.3 Å². The van der Waals surface area contributed by atoms with Crippen molar-refractivity contribution in [1.29, 1.82) is 0 Å². The van der Waals surface area contributed by atoms with Gasteiger partial charge in [0.25, 0.3) is 0 Å². The summed E-state index contributed by atoms with van der Waals surface area (Å²) in [6.07, 6.45) is 0. The van der Waals surface area contributed by atoms with Gasteiger partial charge in [-0.2, -0.15) is 0 Å². The molecule has 0 bridgehead atoms. The number of carbonyl (C=O) groups is 1. The van der Waals surface area contributed by atoms with Crippen molar-refractivity contribution >= 4 is 22.7 Å². The van der Waals surface area contributed by atoms with Crippen LogP contribution in [0, 0.1) is 6.92 Å². The molecule has 1 atom stereocenters. The highest BCUT2D eigenvalue weighted by atomic mass is 16.4. The van der Waals surface area contributed by atoms with Crippen molar-refractivity contribution in [1.82, 2.24) is 4.57 Å². The van der Waals surface area contributed by atoms with Gasteiger partial charge in [0.05, 0.1) is 5.52 Å². The summed E-state index contributed by atoms with van der Waals surface area (Å²) in [5.41, 5.74) is 2.79. The number of oxazole rings is 1. The molecular formula is C17H16N2O3. The van der Waals surface area contributed by atoms with Crippen LogP contribution in [0.15, 0.2) is 57.7 Å². The molecule has 1 aromatic heterocycles. The zero-order valence-corrected chi connectivity index (χ0v) is 12.4. The lowest BCUT2D eigenvalue weighted by molar-refractivity contribution is -0.118. The Labute approximate surface area is 127 Å². The van der Waals surface area contributed by atoms with Crippen molar-refractivity contribution in [2.75, 3.05) is 5.32 Å². The molecule has 0 aliphatic carbocycles. The van der Waals surface area contributed by atoms with E-state index in [0.29, 0.717) is 11.1 Å². The van der Waals surface area contributed by atoms with Gasteiger partial charge in [-0.05, 0) is 37.6 Å². The Morgan fingerprint density at radius 2 is 1.82 bits per heavy atom. The van der Waals surface area contributed by atoms with E-state index in [0.717, 1.165) is 11.3 Å². The van der Waals surface area contributed by atoms with E-state index in [9.17, 15) is 9.59 Å². The average molecular weight is 296 g/mol. The molecule has 1 unspecified atom stereocenters. The van der Waals surface area contributed by atoms with Gasteiger partial charge in [-0.25, -0.2) is 4.79 Å². The molecule has 0 saturated heterocycles. The Morgan fingerprint density at radius 1 is 1.14 bits per heavy atom. The van der Waals surface area contributed by atoms with Crippen molar-refractivity contribution in [3.8, 4) is 0 Å². The summed E-state index contributed by atoms with van der Waals surface area (Å²) in [6.45, 7) is 3.59. The summed E-state index contributed by atoms with van der Waals surface area (Å²) in [5, 5.41) is 2.85. The van der Waals surface area contributed by atoms with E-state index in [4.69, 9.17) is 4.42 Å². The molecule has 5 nitrogen and oxygen atoms in total. The fraction of sp³-hybridized carbons (Fsp3) is 0.176. The second-order valence-electron chi connectivity index (χ2n) is 5.19. The molecule has 2 aromatic carbocycles. The lowest BCUT2D eigenvalue weighted by Gasteiger charge is -2.14. The van der Waals surface area contributed by atoms with Crippen LogP contribution in [0.4, 0.5) is 5.69 Å². The first-order chi connectivity index (χ1) is 10.6. The molecule has 22 heavy (non-hydrogen) atoms. The number of fused-ring (bicyclic) bond motifs is 1. The predicted octanol–water partition coefficient (Wildman–Crippen LogP) is 3.10. The quantitative estimate of drug-likeness (QED) is 0.807. The zero-order chi connectivity index (χ0) is 15.7. The number of anilines is 1. The van der Waals surface area contributed by atoms with Gasteiger partial charge in [0.15, 0.2) is 5.58 Å². The molecule has 1 amide bonds. The maximum atomic E-state index is 12.4. The van der Waals surface area contributed by atoms with E-state index in [1.54, 1.807) is 31.2 Å². The molecule has 0 aliphatic rings. The normalized spacial score (nSPS) is 12.3. The third-order valence-electron chi connectivity index (χ3n) is 3.69. The second-order valence-corrected chi connectivity index (χ2v) is 5.19. The van der Waals surface area contributed by atoms with Gasteiger partial charge >= 0.3 is 5.76 Å². The van der Waals surface area contributed by atoms with Crippen molar-refractivity contribution in [2.45, 2.75) is 19.9 Å². The smallest absolute Gasteiger partial charge is 0.408 e. The number of carbonyl (C=O) groups excluding carboxylic acids is 1. The lowest BCUT2D eigenvalue weighted by atomic mass is 10.2. The topological polar surface area (TPSA) is 64.2 Å². The number of nitrogens with zero attached hydrogens (tertiary/aromatic N) is 1. The molecule has 0 radical (unpaired) electrons. The van der Waals surface area contributed by atoms with Crippen molar-refractivity contribution in [2.24, 2.45) is 0 Å². The fourth-order valence-corrected chi connectivity index (χ4v) is 2.42. The number of aryl methyl sites for hydroxylation is 1. The standard InChI is InChI=1S/C17H16N2O3/c1-11-7-3-4-8-13(11)18-16(20)12(2)19-14-9-5-6-10-15(14)22-17(19)21/h3-10,12H,1-2H3,(H,18,20). The SMILES string of the molecule is Cc1ccccc1NC(=O)C(C)n1c(=O)oc2ccccc21. The Balaban J connectivity index is 1.94. The lowest BCUT2D eigenvalue weighted by Crippen LogP contribution is -2.29. The van der Waals surface area contributed by atoms with Crippen LogP contribution in [0.1, 0.15) is 18.5 Å². The van der Waals surface area contributed by atoms with Crippen LogP contribution < -0.4 is 11.1 Å². The number of aromatic nitrogens is 1. The summed E-state index contributed by atoms with van der Waals surface area (Å²) >= 11 is 0. The molecule has 0 spiro atoms. The van der Waals surface area contributed by atoms with Gasteiger partial charge in [0.1, 0.15) is 6.04 Å². The molecule has 1 heterocycles. The van der Waals surface area contributed by atoms with Gasteiger partial charge in [-0.15, -0.1) is 0 Å². The molecule has 0 saturated carbocycles. The van der Waals surface area contributed by atoms with Gasteiger partial charge < -0.3 is 9.73 Å². The van der Waals surface area contributed by atoms with Crippen molar-refractivity contribution < 1.29 is 9.21 Å². The summed E-state index contributed by atoms with van der Waals surface area (Å²) in [4.78, 5) is 24.5. The number of amides is 1. The Hall–Kier alpha value is -2.82. The number of hydrogen-bond acceptors (Lipinski definition) is 3. The maximum absolute atomic E-state index is 12.4. The van der Waals surface area contributed by atoms with E-state index in [1.807, 2.05) is 31.2 Å². The highest BCUT2D eigenvalue weighted by Crippen LogP contribution is 2.19. The number of para-hydroxylation sites is 3. The first-order valence-electron chi connectivity index (χ1n) is 7.04. The summed E-state index contributed by atoms with van der Waals surface area (Å²) in [5.74, 6) is -0.795. The third-order valence-corrected chi connectivity index (χ3v) is 3.69. The summed E-state index contributed by atoms with van der Waals surface area (Å²) < 4.78 is 6.54. The maximum Gasteiger partial charge on any atom is 0.420 e. The minimum absolute atomic E-state index is 0.261. The number of rotatable bonds is 3. The van der Waals surface area contributed by atoms with Gasteiger partial charge in [0, 0.05) is 5.69 Å². The van der Waals surface area contributed by atoms with Crippen LogP contribution in [0.5, 0.6) is 0 Å². The van der Waals surface area contributed by atoms with Crippen LogP contribution in [0.2, 0.25) is 0 Å². The van der Waals surface area contributed by atoms with Crippen LogP contribution in [0.25, 0.3) is 11.1 Å². The minimum atomic E-state index is -0.671. The third kappa shape index (κ3) is 2.41. The number of nitrogens with one attached hydrogen (secondary N) is 1. The van der Waals surface area contributed by atoms with Gasteiger partial charge in [0.2, 0.25) is 5.91 Å². The monoisotopic (exact) mass is 296 g/mol. The Kier molecular flexibility index (Phi) is 3.55. The van der Waals surface area contributed by atoms with E-state index in [1.165, 1.54) is 4.57 Å². The molecule has 3 rings (SSSR count). The molecule has 0 fully saturated rings. The Bertz CT molecular complexity index is 892. The van der Waals surface area contributed by atoms with Crippen LogP contribution in [-0.2, 0) is 4.79 Å². The van der Waals surface area contributed by atoms with Crippen molar-refractivity contribution in [3.63, 3.8) is 0 Å². The largest absolute Gasteiger partial charge is 0.420 e. The summed E-state index contributed by atoms with van der Waals surface area (Å²) in [6, 6.07) is 13.9. The van der Waals surface area contributed by atoms with E-state index in [2.05, 4.69) is 5.32 Å². The van der Waals surface area contributed by atoms with E-state index >= 15 is 0 Å². The average Bonchev–Trinajstić information content (AvgIpc) is 2.84. The van der Waals surface area contributed by atoms with Gasteiger partial charge in [-0.3, -0.25) is 9.36 Å². The molecule has 5 heteroatoms. The molecule has 0 aliphatic heterocycles. The van der Waals surface area contributed by atoms with Crippen LogP contribution >= 0.6 is 0 Å². The number of hydrogen-bond donors (Lipinski definition) is 1. The second kappa shape index (κ2) is 5.52. The highest BCUT2D eigenvalue weighted by molar-refractivity contribution is 5.95. The first kappa shape index (κ1) is 14.1. The molecular weight excluding hydrogens is 280 g/mol. The van der Waals surface area contributed by atoms with E-state index < -0.39 is 11.8 Å². The van der Waals surface area contributed by atoms with Crippen LogP contribution in [0.3, 0.4) is 0 Å².